The Hall–Kier alpha value is -2.55. The minimum atomic E-state index is 0.886. The van der Waals surface area contributed by atoms with Gasteiger partial charge in [0, 0.05) is 10.8 Å². The number of hydrogen-bond donors (Lipinski definition) is 1. The molecule has 2 aromatic carbocycles. The number of nitrogens with zero attached hydrogens (tertiary/aromatic N) is 1. The molecule has 1 N–H and O–H groups in total. The third-order valence-electron chi connectivity index (χ3n) is 3.96. The number of ether oxygens (including phenoxy) is 1. The summed E-state index contributed by atoms with van der Waals surface area (Å²) in [7, 11) is 3.79. The second-order valence-corrected chi connectivity index (χ2v) is 5.06. The van der Waals surface area contributed by atoms with E-state index in [0.717, 1.165) is 11.4 Å². The number of benzene rings is 2. The van der Waals surface area contributed by atoms with Gasteiger partial charge in [0.1, 0.15) is 16.8 Å². The van der Waals surface area contributed by atoms with Crippen molar-refractivity contribution in [2.75, 3.05) is 7.11 Å². The molecule has 0 aliphatic heterocycles. The lowest BCUT2D eigenvalue weighted by molar-refractivity contribution is -0.619. The average molecular weight is 263 g/mol. The average Bonchev–Trinajstić information content (AvgIpc) is 2.86. The molecule has 2 aromatic heterocycles. The lowest BCUT2D eigenvalue weighted by Gasteiger charge is -2.04. The van der Waals surface area contributed by atoms with Crippen molar-refractivity contribution in [3.63, 3.8) is 0 Å². The normalized spacial score (nSPS) is 11.5. The van der Waals surface area contributed by atoms with E-state index >= 15 is 0 Å². The van der Waals surface area contributed by atoms with Crippen LogP contribution >= 0.6 is 0 Å². The molecular formula is C17H15N2O+. The Morgan fingerprint density at radius 1 is 1.00 bits per heavy atom. The van der Waals surface area contributed by atoms with Gasteiger partial charge in [-0.25, -0.2) is 9.55 Å². The van der Waals surface area contributed by atoms with Crippen LogP contribution in [0.3, 0.4) is 0 Å². The van der Waals surface area contributed by atoms with Crippen molar-refractivity contribution in [2.45, 2.75) is 0 Å². The van der Waals surface area contributed by atoms with E-state index < -0.39 is 0 Å². The molecule has 0 atom stereocenters. The molecule has 0 unspecified atom stereocenters. The molecule has 0 radical (unpaired) electrons. The van der Waals surface area contributed by atoms with Crippen molar-refractivity contribution >= 4 is 32.8 Å². The summed E-state index contributed by atoms with van der Waals surface area (Å²) in [4.78, 5) is 3.50. The highest BCUT2D eigenvalue weighted by molar-refractivity contribution is 6.07. The van der Waals surface area contributed by atoms with E-state index in [1.165, 1.54) is 27.2 Å². The topological polar surface area (TPSA) is 28.9 Å². The van der Waals surface area contributed by atoms with Crippen LogP contribution in [-0.4, -0.2) is 12.1 Å². The third-order valence-corrected chi connectivity index (χ3v) is 3.96. The molecule has 4 aromatic rings. The van der Waals surface area contributed by atoms with Crippen LogP contribution in [0.1, 0.15) is 0 Å². The van der Waals surface area contributed by atoms with Crippen LogP contribution in [0.2, 0.25) is 0 Å². The second kappa shape index (κ2) is 3.97. The zero-order valence-electron chi connectivity index (χ0n) is 11.5. The summed E-state index contributed by atoms with van der Waals surface area (Å²) in [6.45, 7) is 0. The molecule has 20 heavy (non-hydrogen) atoms. The summed E-state index contributed by atoms with van der Waals surface area (Å²) in [5, 5.41) is 3.68. The number of aromatic nitrogens is 2. The summed E-state index contributed by atoms with van der Waals surface area (Å²) < 4.78 is 7.52. The van der Waals surface area contributed by atoms with Gasteiger partial charge in [0.25, 0.3) is 5.65 Å². The van der Waals surface area contributed by atoms with Crippen LogP contribution in [0, 0.1) is 0 Å². The lowest BCUT2D eigenvalue weighted by Crippen LogP contribution is -2.30. The lowest BCUT2D eigenvalue weighted by atomic mass is 10.1. The van der Waals surface area contributed by atoms with Gasteiger partial charge >= 0.3 is 0 Å². The molecule has 3 nitrogen and oxygen atoms in total. The highest BCUT2D eigenvalue weighted by Crippen LogP contribution is 2.27. The first-order valence-electron chi connectivity index (χ1n) is 6.65. The molecule has 0 saturated heterocycles. The van der Waals surface area contributed by atoms with Gasteiger partial charge in [-0.2, -0.15) is 0 Å². The number of aromatic amines is 1. The summed E-state index contributed by atoms with van der Waals surface area (Å²) in [5.41, 5.74) is 3.49. The van der Waals surface area contributed by atoms with Crippen LogP contribution in [0.25, 0.3) is 32.8 Å². The largest absolute Gasteiger partial charge is 0.497 e. The van der Waals surface area contributed by atoms with Crippen molar-refractivity contribution in [1.82, 2.24) is 4.98 Å². The van der Waals surface area contributed by atoms with E-state index in [2.05, 4.69) is 59.1 Å². The molecule has 2 heterocycles. The van der Waals surface area contributed by atoms with E-state index in [9.17, 15) is 0 Å². The molecule has 0 saturated carbocycles. The Balaban J connectivity index is 2.22. The molecule has 0 aliphatic carbocycles. The van der Waals surface area contributed by atoms with Crippen molar-refractivity contribution in [3.05, 3.63) is 48.5 Å². The van der Waals surface area contributed by atoms with Gasteiger partial charge in [0.15, 0.2) is 0 Å². The van der Waals surface area contributed by atoms with E-state index in [-0.39, 0.29) is 0 Å². The molecule has 98 valence electrons. The summed E-state index contributed by atoms with van der Waals surface area (Å²) in [6.07, 6.45) is 0. The molecule has 3 heteroatoms. The maximum Gasteiger partial charge on any atom is 0.287 e. The number of hydrogen-bond acceptors (Lipinski definition) is 1. The van der Waals surface area contributed by atoms with Gasteiger partial charge in [-0.05, 0) is 36.4 Å². The number of pyridine rings is 1. The van der Waals surface area contributed by atoms with Crippen molar-refractivity contribution < 1.29 is 9.30 Å². The highest BCUT2D eigenvalue weighted by atomic mass is 16.5. The fraction of sp³-hybridized carbons (Fsp3) is 0.118. The Morgan fingerprint density at radius 3 is 2.70 bits per heavy atom. The Morgan fingerprint density at radius 2 is 1.85 bits per heavy atom. The monoisotopic (exact) mass is 263 g/mol. The third kappa shape index (κ3) is 1.43. The van der Waals surface area contributed by atoms with E-state index in [4.69, 9.17) is 4.74 Å². The smallest absolute Gasteiger partial charge is 0.287 e. The minimum absolute atomic E-state index is 0.886. The number of rotatable bonds is 1. The number of aryl methyl sites for hydroxylation is 1. The molecule has 0 aliphatic rings. The van der Waals surface area contributed by atoms with Gasteiger partial charge in [-0.3, -0.25) is 0 Å². The quantitative estimate of drug-likeness (QED) is 0.524. The zero-order chi connectivity index (χ0) is 13.7. The van der Waals surface area contributed by atoms with E-state index in [1.807, 2.05) is 6.07 Å². The summed E-state index contributed by atoms with van der Waals surface area (Å²) in [5.74, 6) is 0.886. The Bertz CT molecular complexity index is 953. The van der Waals surface area contributed by atoms with Crippen molar-refractivity contribution in [3.8, 4) is 5.75 Å². The van der Waals surface area contributed by atoms with Gasteiger partial charge in [-0.15, -0.1) is 0 Å². The number of H-pyrrole nitrogens is 1. The first-order valence-corrected chi connectivity index (χ1v) is 6.65. The fourth-order valence-electron chi connectivity index (χ4n) is 2.92. The van der Waals surface area contributed by atoms with Crippen molar-refractivity contribution in [2.24, 2.45) is 7.05 Å². The highest BCUT2D eigenvalue weighted by Gasteiger charge is 2.15. The van der Waals surface area contributed by atoms with Gasteiger partial charge in [0.2, 0.25) is 0 Å². The van der Waals surface area contributed by atoms with Gasteiger partial charge in [-0.1, -0.05) is 12.1 Å². The van der Waals surface area contributed by atoms with Crippen molar-refractivity contribution in [1.29, 1.82) is 0 Å². The number of para-hydroxylation sites is 1. The van der Waals surface area contributed by atoms with Crippen LogP contribution in [-0.2, 0) is 7.05 Å². The van der Waals surface area contributed by atoms with Gasteiger partial charge < -0.3 is 4.74 Å². The molecule has 0 bridgehead atoms. The molecule has 0 spiro atoms. The van der Waals surface area contributed by atoms with Gasteiger partial charge in [0.05, 0.1) is 19.5 Å². The Labute approximate surface area is 116 Å². The van der Waals surface area contributed by atoms with Crippen LogP contribution < -0.4 is 9.30 Å². The number of methoxy groups -OCH3 is 1. The minimum Gasteiger partial charge on any atom is -0.497 e. The number of nitrogens with one attached hydrogen (secondary N) is 1. The summed E-state index contributed by atoms with van der Waals surface area (Å²) >= 11 is 0. The molecule has 4 rings (SSSR count). The molecule has 0 fully saturated rings. The first kappa shape index (κ1) is 11.3. The summed E-state index contributed by atoms with van der Waals surface area (Å²) in [6, 6.07) is 16.8. The zero-order valence-corrected chi connectivity index (χ0v) is 11.5. The predicted octanol–water partition coefficient (Wildman–Crippen LogP) is 3.31. The second-order valence-electron chi connectivity index (χ2n) is 5.06. The standard InChI is InChI=1S/C17H14N2O/c1-19-16-8-7-12(20-2)9-11(16)10-14-13-5-3-4-6-15(13)18-17(14)19/h3-10H,1-2H3/p+1. The number of fused-ring (bicyclic) bond motifs is 4. The predicted molar refractivity (Wildman–Crippen MR) is 81.0 cm³/mol. The molecular weight excluding hydrogens is 248 g/mol. The van der Waals surface area contributed by atoms with Crippen LogP contribution in [0.15, 0.2) is 48.5 Å². The fourth-order valence-corrected chi connectivity index (χ4v) is 2.92. The van der Waals surface area contributed by atoms with Crippen LogP contribution in [0.4, 0.5) is 0 Å². The van der Waals surface area contributed by atoms with E-state index in [1.54, 1.807) is 7.11 Å². The molecule has 0 amide bonds. The first-order chi connectivity index (χ1) is 9.78. The maximum absolute atomic E-state index is 5.33. The van der Waals surface area contributed by atoms with Crippen LogP contribution in [0.5, 0.6) is 5.75 Å². The SMILES string of the molecule is COc1ccc2c(c1)cc1c3ccccc3[nH]c1[n+]2C. The maximum atomic E-state index is 5.33. The Kier molecular flexibility index (Phi) is 2.24. The van der Waals surface area contributed by atoms with E-state index in [0.29, 0.717) is 0 Å².